The molecule has 0 aromatic carbocycles. The molecule has 4 rings (SSSR count). The monoisotopic (exact) mass is 404 g/mol. The van der Waals surface area contributed by atoms with E-state index in [1.54, 1.807) is 19.5 Å². The number of hydrogen-bond donors (Lipinski definition) is 1. The van der Waals surface area contributed by atoms with E-state index in [9.17, 15) is 0 Å². The zero-order valence-electron chi connectivity index (χ0n) is 18.0. The van der Waals surface area contributed by atoms with Gasteiger partial charge in [0.05, 0.1) is 30.9 Å². The maximum absolute atomic E-state index is 5.35. The van der Waals surface area contributed by atoms with Gasteiger partial charge >= 0.3 is 0 Å². The summed E-state index contributed by atoms with van der Waals surface area (Å²) in [5.41, 5.74) is 3.73. The summed E-state index contributed by atoms with van der Waals surface area (Å²) in [6, 6.07) is 6.55. The van der Waals surface area contributed by atoms with Crippen molar-refractivity contribution in [3.05, 3.63) is 54.4 Å². The molecule has 1 aliphatic heterocycles. The molecule has 3 aromatic heterocycles. The molecule has 0 bridgehead atoms. The van der Waals surface area contributed by atoms with Crippen LogP contribution in [0.25, 0.3) is 11.3 Å². The minimum Gasteiger partial charge on any atom is -0.495 e. The third-order valence-corrected chi connectivity index (χ3v) is 5.69. The first kappa shape index (κ1) is 20.2. The second kappa shape index (κ2) is 8.75. The van der Waals surface area contributed by atoms with Crippen LogP contribution < -0.4 is 10.1 Å². The minimum atomic E-state index is 0.293. The van der Waals surface area contributed by atoms with E-state index in [2.05, 4.69) is 40.2 Å². The third-order valence-electron chi connectivity index (χ3n) is 5.69. The lowest BCUT2D eigenvalue weighted by Gasteiger charge is -2.34. The van der Waals surface area contributed by atoms with Crippen molar-refractivity contribution in [1.29, 1.82) is 0 Å². The maximum atomic E-state index is 5.35. The number of nitrogens with one attached hydrogen (secondary N) is 1. The minimum absolute atomic E-state index is 0.293. The molecule has 0 spiro atoms. The topological polar surface area (TPSA) is 76.1 Å². The number of likely N-dealkylation sites (tertiary alicyclic amines) is 1. The summed E-state index contributed by atoms with van der Waals surface area (Å²) in [4.78, 5) is 20.8. The maximum Gasteiger partial charge on any atom is 0.137 e. The lowest BCUT2D eigenvalue weighted by atomic mass is 9.93. The molecule has 1 aliphatic rings. The van der Waals surface area contributed by atoms with Crippen molar-refractivity contribution in [2.24, 2.45) is 0 Å². The smallest absolute Gasteiger partial charge is 0.137 e. The van der Waals surface area contributed by atoms with Gasteiger partial charge in [-0.1, -0.05) is 0 Å². The average Bonchev–Trinajstić information content (AvgIpc) is 2.75. The van der Waals surface area contributed by atoms with Crippen LogP contribution in [0.15, 0.2) is 43.0 Å². The third kappa shape index (κ3) is 4.57. The first-order valence-electron chi connectivity index (χ1n) is 10.3. The van der Waals surface area contributed by atoms with Crippen LogP contribution in [0.5, 0.6) is 5.75 Å². The number of rotatable bonds is 5. The number of aromatic nitrogens is 4. The largest absolute Gasteiger partial charge is 0.495 e. The summed E-state index contributed by atoms with van der Waals surface area (Å²) in [5, 5.41) is 3.40. The van der Waals surface area contributed by atoms with Crippen LogP contribution in [0.1, 0.15) is 37.1 Å². The van der Waals surface area contributed by atoms with E-state index in [0.29, 0.717) is 17.7 Å². The van der Waals surface area contributed by atoms with Gasteiger partial charge in [0.15, 0.2) is 0 Å². The molecule has 0 saturated carbocycles. The quantitative estimate of drug-likeness (QED) is 0.683. The molecule has 7 heteroatoms. The van der Waals surface area contributed by atoms with Crippen LogP contribution in [0.4, 0.5) is 11.5 Å². The highest BCUT2D eigenvalue weighted by Gasteiger charge is 2.26. The number of methoxy groups -OCH3 is 1. The second-order valence-electron chi connectivity index (χ2n) is 8.05. The fourth-order valence-electron chi connectivity index (χ4n) is 3.79. The van der Waals surface area contributed by atoms with Gasteiger partial charge in [-0.25, -0.2) is 9.97 Å². The molecule has 3 aromatic rings. The molecule has 0 unspecified atom stereocenters. The molecule has 0 aliphatic carbocycles. The normalized spacial score (nSPS) is 19.5. The summed E-state index contributed by atoms with van der Waals surface area (Å²) >= 11 is 0. The Morgan fingerprint density at radius 2 is 1.87 bits per heavy atom. The van der Waals surface area contributed by atoms with E-state index in [1.807, 2.05) is 31.5 Å². The van der Waals surface area contributed by atoms with Crippen LogP contribution in [-0.4, -0.2) is 51.6 Å². The van der Waals surface area contributed by atoms with Crippen molar-refractivity contribution < 1.29 is 4.74 Å². The summed E-state index contributed by atoms with van der Waals surface area (Å²) in [5.74, 6) is 2.61. The standard InChI is InChI=1S/C23H28N6O/c1-15-7-19(12-24-10-15)26-22-9-21(18-8-20(30-4)13-25-11-18)27-23(28-22)17-6-5-16(2)29(3)14-17/h7-13,16-17H,5-6,14H2,1-4H3,(H,26,27,28)/t16-,17-/m0/s1. The number of hydrogen-bond acceptors (Lipinski definition) is 7. The van der Waals surface area contributed by atoms with Crippen molar-refractivity contribution in [3.8, 4) is 17.0 Å². The summed E-state index contributed by atoms with van der Waals surface area (Å²) in [6.07, 6.45) is 9.36. The van der Waals surface area contributed by atoms with Gasteiger partial charge in [-0.3, -0.25) is 9.97 Å². The number of likely N-dealkylation sites (N-methyl/N-ethyl adjacent to an activating group) is 1. The van der Waals surface area contributed by atoms with Crippen LogP contribution in [0, 0.1) is 6.92 Å². The van der Waals surface area contributed by atoms with E-state index in [1.165, 1.54) is 0 Å². The molecule has 1 N–H and O–H groups in total. The molecule has 2 atom stereocenters. The highest BCUT2D eigenvalue weighted by molar-refractivity contribution is 5.66. The molecule has 1 fully saturated rings. The summed E-state index contributed by atoms with van der Waals surface area (Å²) in [7, 11) is 3.81. The summed E-state index contributed by atoms with van der Waals surface area (Å²) < 4.78 is 5.35. The molecule has 0 amide bonds. The Balaban J connectivity index is 1.73. The number of ether oxygens (including phenoxy) is 1. The Morgan fingerprint density at radius 3 is 2.63 bits per heavy atom. The molecular weight excluding hydrogens is 376 g/mol. The lowest BCUT2D eigenvalue weighted by Crippen LogP contribution is -2.38. The van der Waals surface area contributed by atoms with Crippen molar-refractivity contribution in [3.63, 3.8) is 0 Å². The number of piperidine rings is 1. The fraction of sp³-hybridized carbons (Fsp3) is 0.391. The van der Waals surface area contributed by atoms with E-state index >= 15 is 0 Å². The van der Waals surface area contributed by atoms with Gasteiger partial charge in [-0.05, 0) is 51.4 Å². The Hall–Kier alpha value is -3.06. The Labute approximate surface area is 177 Å². The van der Waals surface area contributed by atoms with Crippen LogP contribution >= 0.6 is 0 Å². The number of pyridine rings is 2. The second-order valence-corrected chi connectivity index (χ2v) is 8.05. The van der Waals surface area contributed by atoms with Gasteiger partial charge in [-0.2, -0.15) is 0 Å². The number of nitrogens with zero attached hydrogens (tertiary/aromatic N) is 5. The molecule has 30 heavy (non-hydrogen) atoms. The zero-order chi connectivity index (χ0) is 21.1. The highest BCUT2D eigenvalue weighted by atomic mass is 16.5. The first-order valence-corrected chi connectivity index (χ1v) is 10.3. The van der Waals surface area contributed by atoms with Crippen molar-refractivity contribution >= 4 is 11.5 Å². The van der Waals surface area contributed by atoms with E-state index in [4.69, 9.17) is 14.7 Å². The Bertz CT molecular complexity index is 1020. The molecular formula is C23H28N6O. The average molecular weight is 405 g/mol. The predicted molar refractivity (Wildman–Crippen MR) is 118 cm³/mol. The summed E-state index contributed by atoms with van der Waals surface area (Å²) in [6.45, 7) is 5.25. The molecule has 0 radical (unpaired) electrons. The lowest BCUT2D eigenvalue weighted by molar-refractivity contribution is 0.177. The Morgan fingerprint density at radius 1 is 1.03 bits per heavy atom. The van der Waals surface area contributed by atoms with Crippen molar-refractivity contribution in [2.45, 2.75) is 38.6 Å². The van der Waals surface area contributed by atoms with Gasteiger partial charge in [-0.15, -0.1) is 0 Å². The highest BCUT2D eigenvalue weighted by Crippen LogP contribution is 2.31. The van der Waals surface area contributed by atoms with Crippen LogP contribution in [0.3, 0.4) is 0 Å². The van der Waals surface area contributed by atoms with Gasteiger partial charge in [0.25, 0.3) is 0 Å². The number of aryl methyl sites for hydroxylation is 1. The molecule has 1 saturated heterocycles. The van der Waals surface area contributed by atoms with E-state index in [0.717, 1.165) is 53.5 Å². The number of anilines is 2. The first-order chi connectivity index (χ1) is 14.5. The van der Waals surface area contributed by atoms with Crippen molar-refractivity contribution in [2.75, 3.05) is 26.0 Å². The van der Waals surface area contributed by atoms with Crippen LogP contribution in [-0.2, 0) is 0 Å². The molecule has 156 valence electrons. The van der Waals surface area contributed by atoms with E-state index < -0.39 is 0 Å². The van der Waals surface area contributed by atoms with Gasteiger partial charge in [0.2, 0.25) is 0 Å². The fourth-order valence-corrected chi connectivity index (χ4v) is 3.79. The SMILES string of the molecule is COc1cncc(-c2cc(Nc3cncc(C)c3)nc([C@H]3CC[C@H](C)N(C)C3)n2)c1. The molecule has 7 nitrogen and oxygen atoms in total. The molecule has 4 heterocycles. The van der Waals surface area contributed by atoms with Gasteiger partial charge < -0.3 is 15.0 Å². The van der Waals surface area contributed by atoms with Gasteiger partial charge in [0.1, 0.15) is 17.4 Å². The predicted octanol–water partition coefficient (Wildman–Crippen LogP) is 4.19. The van der Waals surface area contributed by atoms with Gasteiger partial charge in [0, 0.05) is 42.5 Å². The Kier molecular flexibility index (Phi) is 5.90. The zero-order valence-corrected chi connectivity index (χ0v) is 18.0. The van der Waals surface area contributed by atoms with Crippen LogP contribution in [0.2, 0.25) is 0 Å². The van der Waals surface area contributed by atoms with Crippen molar-refractivity contribution in [1.82, 2.24) is 24.8 Å². The van der Waals surface area contributed by atoms with E-state index in [-0.39, 0.29) is 0 Å².